The normalized spacial score (nSPS) is 27.1. The van der Waals surface area contributed by atoms with Crippen LogP contribution in [0, 0.1) is 23.2 Å². The molecular formula is C27H30N2O5. The highest BCUT2D eigenvalue weighted by Gasteiger charge is 2.52. The van der Waals surface area contributed by atoms with E-state index in [0.29, 0.717) is 19.5 Å². The van der Waals surface area contributed by atoms with E-state index in [0.717, 1.165) is 11.1 Å². The summed E-state index contributed by atoms with van der Waals surface area (Å²) in [6, 6.07) is 16.4. The summed E-state index contributed by atoms with van der Waals surface area (Å²) >= 11 is 0. The Hall–Kier alpha value is -3.35. The number of rotatable bonds is 6. The zero-order valence-corrected chi connectivity index (χ0v) is 19.5. The van der Waals surface area contributed by atoms with Crippen molar-refractivity contribution in [3.63, 3.8) is 0 Å². The average molecular weight is 463 g/mol. The van der Waals surface area contributed by atoms with Crippen molar-refractivity contribution in [2.45, 2.75) is 26.2 Å². The van der Waals surface area contributed by atoms with Gasteiger partial charge in [-0.25, -0.2) is 4.79 Å². The van der Waals surface area contributed by atoms with Gasteiger partial charge in [-0.2, -0.15) is 0 Å². The van der Waals surface area contributed by atoms with E-state index in [2.05, 4.69) is 29.6 Å². The summed E-state index contributed by atoms with van der Waals surface area (Å²) in [4.78, 5) is 38.5. The first-order valence-electron chi connectivity index (χ1n) is 11.9. The van der Waals surface area contributed by atoms with E-state index in [1.165, 1.54) is 11.1 Å². The molecule has 7 heteroatoms. The molecule has 1 saturated heterocycles. The SMILES string of the molecule is C[C@H]1CN(C(=O)[C@H]2C[C@H]2CNC(=O)OCC2c3ccccc3-c3ccccc32)C[C@]1(C)C(=O)O. The fourth-order valence-corrected chi connectivity index (χ4v) is 5.47. The molecule has 2 fully saturated rings. The van der Waals surface area contributed by atoms with Gasteiger partial charge in [-0.3, -0.25) is 9.59 Å². The summed E-state index contributed by atoms with van der Waals surface area (Å²) in [5, 5.41) is 12.3. The largest absolute Gasteiger partial charge is 0.481 e. The highest BCUT2D eigenvalue weighted by molar-refractivity contribution is 5.84. The number of ether oxygens (including phenoxy) is 1. The highest BCUT2D eigenvalue weighted by Crippen LogP contribution is 2.45. The Balaban J connectivity index is 1.11. The molecule has 0 unspecified atom stereocenters. The van der Waals surface area contributed by atoms with E-state index >= 15 is 0 Å². The number of aliphatic carboxylic acids is 1. The smallest absolute Gasteiger partial charge is 0.407 e. The second-order valence-electron chi connectivity index (χ2n) is 10.2. The van der Waals surface area contributed by atoms with Crippen LogP contribution in [0.3, 0.4) is 0 Å². The van der Waals surface area contributed by atoms with Gasteiger partial charge >= 0.3 is 12.1 Å². The lowest BCUT2D eigenvalue weighted by Gasteiger charge is -2.22. The van der Waals surface area contributed by atoms with Gasteiger partial charge in [0.25, 0.3) is 0 Å². The molecule has 2 amide bonds. The number of benzene rings is 2. The number of nitrogens with zero attached hydrogens (tertiary/aromatic N) is 1. The maximum atomic E-state index is 12.8. The maximum Gasteiger partial charge on any atom is 0.407 e. The van der Waals surface area contributed by atoms with Gasteiger partial charge < -0.3 is 20.1 Å². The van der Waals surface area contributed by atoms with Crippen LogP contribution in [0.2, 0.25) is 0 Å². The van der Waals surface area contributed by atoms with Gasteiger partial charge in [0.15, 0.2) is 0 Å². The van der Waals surface area contributed by atoms with Gasteiger partial charge in [0.2, 0.25) is 5.91 Å². The zero-order valence-electron chi connectivity index (χ0n) is 19.5. The van der Waals surface area contributed by atoms with E-state index in [4.69, 9.17) is 4.74 Å². The minimum atomic E-state index is -0.903. The van der Waals surface area contributed by atoms with E-state index in [1.54, 1.807) is 11.8 Å². The highest BCUT2D eigenvalue weighted by atomic mass is 16.5. The van der Waals surface area contributed by atoms with E-state index < -0.39 is 17.5 Å². The molecule has 0 aromatic heterocycles. The molecule has 1 heterocycles. The van der Waals surface area contributed by atoms with Gasteiger partial charge in [0.05, 0.1) is 5.41 Å². The Morgan fingerprint density at radius 2 is 1.71 bits per heavy atom. The summed E-state index contributed by atoms with van der Waals surface area (Å²) in [6.45, 7) is 4.93. The first-order valence-corrected chi connectivity index (χ1v) is 11.9. The first-order chi connectivity index (χ1) is 16.3. The second-order valence-corrected chi connectivity index (χ2v) is 10.2. The summed E-state index contributed by atoms with van der Waals surface area (Å²) in [5.41, 5.74) is 3.79. The van der Waals surface area contributed by atoms with Gasteiger partial charge in [-0.1, -0.05) is 55.5 Å². The molecule has 2 aliphatic carbocycles. The molecular weight excluding hydrogens is 432 g/mol. The number of carboxylic acid groups (broad SMARTS) is 1. The number of nitrogens with one attached hydrogen (secondary N) is 1. The molecule has 7 nitrogen and oxygen atoms in total. The van der Waals surface area contributed by atoms with Crippen LogP contribution in [-0.2, 0) is 14.3 Å². The topological polar surface area (TPSA) is 95.9 Å². The van der Waals surface area contributed by atoms with E-state index in [1.807, 2.05) is 31.2 Å². The molecule has 178 valence electrons. The van der Waals surface area contributed by atoms with Gasteiger partial charge in [0, 0.05) is 31.5 Å². The zero-order chi connectivity index (χ0) is 24.0. The standard InChI is InChI=1S/C27H30N2O5/c1-16-13-29(15-27(16,2)25(31)32)24(30)22-11-17(22)12-28-26(33)34-14-23-20-9-5-3-7-18(20)19-8-4-6-10-21(19)23/h3-10,16-17,22-23H,11-15H2,1-2H3,(H,28,33)(H,31,32)/t16-,17-,22-,27-/m0/s1. The molecule has 2 aromatic carbocycles. The molecule has 5 rings (SSSR count). The summed E-state index contributed by atoms with van der Waals surface area (Å²) in [6.07, 6.45) is 0.227. The van der Waals surface area contributed by atoms with Gasteiger partial charge in [-0.05, 0) is 47.4 Å². The monoisotopic (exact) mass is 462 g/mol. The van der Waals surface area contributed by atoms with Crippen LogP contribution in [-0.4, -0.2) is 54.2 Å². The molecule has 0 radical (unpaired) electrons. The average Bonchev–Trinajstić information content (AvgIpc) is 3.45. The number of hydrogen-bond donors (Lipinski definition) is 2. The van der Waals surface area contributed by atoms with Crippen molar-refractivity contribution in [3.05, 3.63) is 59.7 Å². The van der Waals surface area contributed by atoms with Crippen LogP contribution in [0.1, 0.15) is 37.3 Å². The minimum absolute atomic E-state index is 0.00355. The first kappa shape index (κ1) is 22.4. The number of carbonyl (C=O) groups is 3. The third-order valence-corrected chi connectivity index (χ3v) is 7.99. The molecule has 4 atom stereocenters. The Morgan fingerprint density at radius 3 is 2.29 bits per heavy atom. The second kappa shape index (κ2) is 8.46. The van der Waals surface area contributed by atoms with Crippen molar-refractivity contribution >= 4 is 18.0 Å². The number of amides is 2. The Kier molecular flexibility index (Phi) is 5.58. The van der Waals surface area contributed by atoms with Crippen LogP contribution in [0.5, 0.6) is 0 Å². The Labute approximate surface area is 199 Å². The predicted octanol–water partition coefficient (Wildman–Crippen LogP) is 3.73. The number of carboxylic acids is 1. The molecule has 1 aliphatic heterocycles. The van der Waals surface area contributed by atoms with Gasteiger partial charge in [-0.15, -0.1) is 0 Å². The van der Waals surface area contributed by atoms with E-state index in [9.17, 15) is 19.5 Å². The van der Waals surface area contributed by atoms with Crippen molar-refractivity contribution in [3.8, 4) is 11.1 Å². The number of hydrogen-bond acceptors (Lipinski definition) is 4. The minimum Gasteiger partial charge on any atom is -0.481 e. The van der Waals surface area contributed by atoms with Crippen LogP contribution in [0.15, 0.2) is 48.5 Å². The summed E-state index contributed by atoms with van der Waals surface area (Å²) < 4.78 is 5.57. The van der Waals surface area contributed by atoms with Crippen molar-refractivity contribution < 1.29 is 24.2 Å². The Morgan fingerprint density at radius 1 is 1.09 bits per heavy atom. The summed E-state index contributed by atoms with van der Waals surface area (Å²) in [5.74, 6) is -1.04. The van der Waals surface area contributed by atoms with E-state index in [-0.39, 0.29) is 42.7 Å². The maximum absolute atomic E-state index is 12.8. The molecule has 2 N–H and O–H groups in total. The summed E-state index contributed by atoms with van der Waals surface area (Å²) in [7, 11) is 0. The molecule has 3 aliphatic rings. The number of likely N-dealkylation sites (tertiary alicyclic amines) is 1. The van der Waals surface area contributed by atoms with Crippen molar-refractivity contribution in [1.82, 2.24) is 10.2 Å². The molecule has 1 saturated carbocycles. The fourth-order valence-electron chi connectivity index (χ4n) is 5.47. The fraction of sp³-hybridized carbons (Fsp3) is 0.444. The van der Waals surface area contributed by atoms with Crippen LogP contribution in [0.4, 0.5) is 4.79 Å². The number of alkyl carbamates (subject to hydrolysis) is 1. The lowest BCUT2D eigenvalue weighted by Crippen LogP contribution is -2.37. The van der Waals surface area contributed by atoms with Crippen molar-refractivity contribution in [2.75, 3.05) is 26.2 Å². The Bertz CT molecular complexity index is 1100. The predicted molar refractivity (Wildman–Crippen MR) is 126 cm³/mol. The quantitative estimate of drug-likeness (QED) is 0.682. The van der Waals surface area contributed by atoms with Crippen LogP contribution in [0.25, 0.3) is 11.1 Å². The van der Waals surface area contributed by atoms with Crippen molar-refractivity contribution in [2.24, 2.45) is 23.2 Å². The van der Waals surface area contributed by atoms with Gasteiger partial charge in [0.1, 0.15) is 6.61 Å². The third kappa shape index (κ3) is 3.83. The number of carbonyl (C=O) groups excluding carboxylic acids is 2. The lowest BCUT2D eigenvalue weighted by molar-refractivity contribution is -0.149. The van der Waals surface area contributed by atoms with Crippen LogP contribution >= 0.6 is 0 Å². The molecule has 0 bridgehead atoms. The molecule has 34 heavy (non-hydrogen) atoms. The number of fused-ring (bicyclic) bond motifs is 3. The lowest BCUT2D eigenvalue weighted by atomic mass is 9.81. The molecule has 0 spiro atoms. The molecule has 2 aromatic rings. The third-order valence-electron chi connectivity index (χ3n) is 7.99. The van der Waals surface area contributed by atoms with Crippen molar-refractivity contribution in [1.29, 1.82) is 0 Å². The van der Waals surface area contributed by atoms with Crippen LogP contribution < -0.4 is 5.32 Å².